The summed E-state index contributed by atoms with van der Waals surface area (Å²) in [5, 5.41) is 10.8. The van der Waals surface area contributed by atoms with Crippen molar-refractivity contribution in [3.05, 3.63) is 70.7 Å². The Kier molecular flexibility index (Phi) is 8.35. The molecule has 0 spiro atoms. The molecule has 0 radical (unpaired) electrons. The SMILES string of the molecule is CC(C)C[C@H](NC(=O)C1(Cc2ccccc2)CC(CNC(=O)c2ccccc2Cl)=NO1)B1O[C@@H]2C[C@@H]3C[C@@H](C3(C)C)[C@]2(C)O1. The van der Waals surface area contributed by atoms with Crippen LogP contribution in [0, 0.1) is 23.2 Å². The maximum Gasteiger partial charge on any atom is 0.481 e. The zero-order valence-corrected chi connectivity index (χ0v) is 27.0. The number of benzene rings is 2. The summed E-state index contributed by atoms with van der Waals surface area (Å²) in [6, 6.07) is 16.7. The van der Waals surface area contributed by atoms with E-state index in [1.807, 2.05) is 30.3 Å². The van der Waals surface area contributed by atoms with Gasteiger partial charge in [-0.2, -0.15) is 0 Å². The van der Waals surface area contributed by atoms with Crippen LogP contribution in [0.25, 0.3) is 0 Å². The Balaban J connectivity index is 1.18. The Morgan fingerprint density at radius 3 is 2.50 bits per heavy atom. The molecule has 2 heterocycles. The van der Waals surface area contributed by atoms with Crippen LogP contribution in [0.3, 0.4) is 0 Å². The minimum Gasteiger partial charge on any atom is -0.404 e. The standard InChI is InChI=1S/C34H43BClN3O5/c1-21(2)15-29(35-42-28-17-23-16-27(32(23,3)4)33(28,5)43-35)38-31(41)34(18-22-11-7-6-8-12-22)19-24(39-44-34)20-37-30(40)25-13-9-10-14-26(25)36/h6-14,21,23,27-29H,15-20H2,1-5H3,(H,37,40)(H,38,41)/t23-,27-,28+,29-,33-,34?/m0/s1. The van der Waals surface area contributed by atoms with E-state index in [0.29, 0.717) is 46.9 Å². The molecule has 0 aromatic heterocycles. The summed E-state index contributed by atoms with van der Waals surface area (Å²) in [4.78, 5) is 33.2. The third-order valence-corrected chi connectivity index (χ3v) is 10.8. The topological polar surface area (TPSA) is 98.3 Å². The normalized spacial score (nSPS) is 30.6. The van der Waals surface area contributed by atoms with Crippen molar-refractivity contribution in [1.82, 2.24) is 10.6 Å². The van der Waals surface area contributed by atoms with Gasteiger partial charge in [0.05, 0.1) is 40.5 Å². The molecule has 8 nitrogen and oxygen atoms in total. The quantitative estimate of drug-likeness (QED) is 0.336. The van der Waals surface area contributed by atoms with Crippen molar-refractivity contribution in [1.29, 1.82) is 0 Å². The lowest BCUT2D eigenvalue weighted by molar-refractivity contribution is -0.199. The van der Waals surface area contributed by atoms with Crippen LogP contribution in [0.5, 0.6) is 0 Å². The summed E-state index contributed by atoms with van der Waals surface area (Å²) >= 11 is 6.21. The minimum atomic E-state index is -1.28. The average Bonchev–Trinajstić information content (AvgIpc) is 3.57. The van der Waals surface area contributed by atoms with Crippen molar-refractivity contribution >= 4 is 36.2 Å². The number of hydrogen-bond acceptors (Lipinski definition) is 6. The summed E-state index contributed by atoms with van der Waals surface area (Å²) in [7, 11) is -0.544. The first kappa shape index (κ1) is 31.1. The van der Waals surface area contributed by atoms with Gasteiger partial charge in [0, 0.05) is 12.8 Å². The van der Waals surface area contributed by atoms with Crippen LogP contribution in [0.4, 0.5) is 0 Å². The first-order valence-electron chi connectivity index (χ1n) is 15.9. The van der Waals surface area contributed by atoms with E-state index in [1.54, 1.807) is 24.3 Å². The fraction of sp³-hybridized carbons (Fsp3) is 0.559. The van der Waals surface area contributed by atoms with Crippen LogP contribution in [-0.2, 0) is 25.4 Å². The van der Waals surface area contributed by atoms with Crippen molar-refractivity contribution in [3.63, 3.8) is 0 Å². The smallest absolute Gasteiger partial charge is 0.404 e. The predicted octanol–water partition coefficient (Wildman–Crippen LogP) is 5.63. The summed E-state index contributed by atoms with van der Waals surface area (Å²) in [6.45, 7) is 11.3. The highest BCUT2D eigenvalue weighted by Crippen LogP contribution is 2.65. The Bertz CT molecular complexity index is 1440. The molecule has 1 unspecified atom stereocenters. The number of carbonyl (C=O) groups is 2. The summed E-state index contributed by atoms with van der Waals surface area (Å²) in [6.07, 6.45) is 3.42. The lowest BCUT2D eigenvalue weighted by Gasteiger charge is -2.64. The van der Waals surface area contributed by atoms with Crippen LogP contribution >= 0.6 is 11.6 Å². The molecule has 7 rings (SSSR count). The molecule has 4 fully saturated rings. The van der Waals surface area contributed by atoms with Gasteiger partial charge < -0.3 is 24.8 Å². The second kappa shape index (κ2) is 11.8. The Hall–Kier alpha value is -2.88. The number of nitrogens with zero attached hydrogens (tertiary/aromatic N) is 1. The molecule has 2 aromatic carbocycles. The fourth-order valence-corrected chi connectivity index (χ4v) is 8.12. The molecule has 44 heavy (non-hydrogen) atoms. The largest absolute Gasteiger partial charge is 0.481 e. The first-order chi connectivity index (χ1) is 20.9. The predicted molar refractivity (Wildman–Crippen MR) is 171 cm³/mol. The van der Waals surface area contributed by atoms with Gasteiger partial charge in [-0.15, -0.1) is 0 Å². The number of amides is 2. The highest BCUT2D eigenvalue weighted by Gasteiger charge is 2.68. The van der Waals surface area contributed by atoms with E-state index in [0.717, 1.165) is 12.0 Å². The van der Waals surface area contributed by atoms with Crippen molar-refractivity contribution < 1.29 is 23.7 Å². The van der Waals surface area contributed by atoms with Crippen LogP contribution in [0.1, 0.15) is 76.2 Å². The van der Waals surface area contributed by atoms with Crippen molar-refractivity contribution in [2.24, 2.45) is 28.3 Å². The van der Waals surface area contributed by atoms with Crippen LogP contribution in [-0.4, -0.2) is 54.4 Å². The summed E-state index contributed by atoms with van der Waals surface area (Å²) in [5.74, 6) is 0.437. The van der Waals surface area contributed by atoms with E-state index in [4.69, 9.17) is 25.7 Å². The molecule has 234 valence electrons. The second-order valence-corrected chi connectivity index (χ2v) is 14.7. The van der Waals surface area contributed by atoms with Gasteiger partial charge in [0.2, 0.25) is 5.60 Å². The average molecular weight is 620 g/mol. The van der Waals surface area contributed by atoms with E-state index in [1.165, 1.54) is 6.42 Å². The summed E-state index contributed by atoms with van der Waals surface area (Å²) in [5.41, 5.74) is 0.488. The molecule has 2 N–H and O–H groups in total. The van der Waals surface area contributed by atoms with Gasteiger partial charge >= 0.3 is 7.12 Å². The van der Waals surface area contributed by atoms with Crippen molar-refractivity contribution in [2.45, 2.75) is 90.0 Å². The van der Waals surface area contributed by atoms with Crippen LogP contribution in [0.15, 0.2) is 59.8 Å². The van der Waals surface area contributed by atoms with Gasteiger partial charge in [-0.25, -0.2) is 0 Å². The zero-order valence-electron chi connectivity index (χ0n) is 26.3. The number of nitrogens with one attached hydrogen (secondary N) is 2. The molecule has 6 atom stereocenters. The Morgan fingerprint density at radius 2 is 1.80 bits per heavy atom. The molecular formula is C34H43BClN3O5. The zero-order chi connectivity index (χ0) is 31.3. The molecular weight excluding hydrogens is 577 g/mol. The lowest BCUT2D eigenvalue weighted by atomic mass is 9.43. The highest BCUT2D eigenvalue weighted by molar-refractivity contribution is 6.48. The Morgan fingerprint density at radius 1 is 1.07 bits per heavy atom. The van der Waals surface area contributed by atoms with E-state index < -0.39 is 12.7 Å². The number of oxime groups is 1. The van der Waals surface area contributed by atoms with Gasteiger partial charge in [-0.05, 0) is 67.1 Å². The third kappa shape index (κ3) is 5.67. The molecule has 5 aliphatic rings. The number of carbonyl (C=O) groups excluding carboxylic acids is 2. The van der Waals surface area contributed by atoms with Gasteiger partial charge in [-0.1, -0.05) is 86.9 Å². The van der Waals surface area contributed by atoms with E-state index in [9.17, 15) is 9.59 Å². The number of halogens is 1. The molecule has 10 heteroatoms. The maximum atomic E-state index is 14.3. The highest BCUT2D eigenvalue weighted by atomic mass is 35.5. The fourth-order valence-electron chi connectivity index (χ4n) is 7.90. The maximum absolute atomic E-state index is 14.3. The number of hydrogen-bond donors (Lipinski definition) is 2. The molecule has 3 aliphatic carbocycles. The second-order valence-electron chi connectivity index (χ2n) is 14.3. The van der Waals surface area contributed by atoms with Crippen molar-refractivity contribution in [3.8, 4) is 0 Å². The molecule has 2 amide bonds. The molecule has 3 saturated carbocycles. The monoisotopic (exact) mass is 619 g/mol. The molecule has 2 bridgehead atoms. The van der Waals surface area contributed by atoms with Gasteiger partial charge in [0.1, 0.15) is 0 Å². The van der Waals surface area contributed by atoms with Gasteiger partial charge in [0.15, 0.2) is 0 Å². The van der Waals surface area contributed by atoms with E-state index >= 15 is 0 Å². The first-order valence-corrected chi connectivity index (χ1v) is 16.2. The van der Waals surface area contributed by atoms with E-state index in [2.05, 4.69) is 50.4 Å². The van der Waals surface area contributed by atoms with Gasteiger partial charge in [0.25, 0.3) is 11.8 Å². The lowest BCUT2D eigenvalue weighted by Crippen LogP contribution is -2.65. The van der Waals surface area contributed by atoms with E-state index in [-0.39, 0.29) is 47.8 Å². The third-order valence-electron chi connectivity index (χ3n) is 10.5. The molecule has 2 aromatic rings. The van der Waals surface area contributed by atoms with Gasteiger partial charge in [-0.3, -0.25) is 9.59 Å². The van der Waals surface area contributed by atoms with Crippen molar-refractivity contribution in [2.75, 3.05) is 6.54 Å². The molecule has 1 saturated heterocycles. The summed E-state index contributed by atoms with van der Waals surface area (Å²) < 4.78 is 13.4. The van der Waals surface area contributed by atoms with Crippen LogP contribution < -0.4 is 10.6 Å². The minimum absolute atomic E-state index is 0.0218. The number of rotatable bonds is 10. The van der Waals surface area contributed by atoms with Crippen LogP contribution in [0.2, 0.25) is 5.02 Å². The molecule has 2 aliphatic heterocycles. The Labute approximate surface area is 265 Å².